The van der Waals surface area contributed by atoms with Crippen LogP contribution < -0.4 is 34.7 Å². The van der Waals surface area contributed by atoms with Crippen molar-refractivity contribution >= 4 is 23.3 Å². The Bertz CT molecular complexity index is 382. The molecular formula is C7H3ClNNaO4. The molecule has 14 heavy (non-hydrogen) atoms. The van der Waals surface area contributed by atoms with Crippen LogP contribution in [0.1, 0.15) is 10.4 Å². The first kappa shape index (κ1) is 13.4. The third-order valence-electron chi connectivity index (χ3n) is 1.39. The van der Waals surface area contributed by atoms with Crippen LogP contribution in [0.4, 0.5) is 5.69 Å². The number of rotatable bonds is 2. The summed E-state index contributed by atoms with van der Waals surface area (Å²) in [5.74, 6) is -1.62. The normalized spacial score (nSPS) is 8.93. The summed E-state index contributed by atoms with van der Waals surface area (Å²) in [7, 11) is 0. The van der Waals surface area contributed by atoms with Gasteiger partial charge in [-0.3, -0.25) is 10.1 Å². The maximum atomic E-state index is 10.4. The van der Waals surface area contributed by atoms with E-state index in [9.17, 15) is 20.0 Å². The number of nitro groups is 1. The number of hydrogen-bond donors (Lipinski definition) is 0. The molecule has 5 nitrogen and oxygen atoms in total. The average molecular weight is 224 g/mol. The summed E-state index contributed by atoms with van der Waals surface area (Å²) in [6.07, 6.45) is 0. The monoisotopic (exact) mass is 223 g/mol. The number of hydrogen-bond acceptors (Lipinski definition) is 4. The van der Waals surface area contributed by atoms with Crippen LogP contribution in [0.3, 0.4) is 0 Å². The number of carbonyl (C=O) groups is 1. The summed E-state index contributed by atoms with van der Waals surface area (Å²) in [5, 5.41) is 20.6. The molecule has 0 saturated carbocycles. The van der Waals surface area contributed by atoms with Crippen molar-refractivity contribution < 1.29 is 44.4 Å². The van der Waals surface area contributed by atoms with E-state index in [1.807, 2.05) is 0 Å². The number of benzene rings is 1. The van der Waals surface area contributed by atoms with Gasteiger partial charge in [-0.2, -0.15) is 0 Å². The molecule has 1 rings (SSSR count). The zero-order chi connectivity index (χ0) is 10.0. The molecule has 0 aliphatic carbocycles. The molecule has 0 saturated heterocycles. The van der Waals surface area contributed by atoms with Crippen LogP contribution in [0.25, 0.3) is 0 Å². The molecule has 0 aliphatic heterocycles. The van der Waals surface area contributed by atoms with Crippen LogP contribution in [-0.2, 0) is 0 Å². The van der Waals surface area contributed by atoms with Crippen molar-refractivity contribution in [3.8, 4) is 0 Å². The molecule has 1 aromatic carbocycles. The molecule has 0 aliphatic rings. The van der Waals surface area contributed by atoms with Crippen LogP contribution in [0.15, 0.2) is 18.2 Å². The van der Waals surface area contributed by atoms with Gasteiger partial charge in [-0.1, -0.05) is 17.7 Å². The van der Waals surface area contributed by atoms with E-state index in [0.29, 0.717) is 0 Å². The molecular weight excluding hydrogens is 221 g/mol. The Morgan fingerprint density at radius 2 is 2.00 bits per heavy atom. The minimum atomic E-state index is -1.62. The molecule has 0 spiro atoms. The van der Waals surface area contributed by atoms with Gasteiger partial charge in [0.05, 0.1) is 16.5 Å². The molecule has 0 aromatic heterocycles. The minimum Gasteiger partial charge on any atom is -0.545 e. The SMILES string of the molecule is O=C([O-])c1cccc(Cl)c1[N+](=O)[O-].[Na+]. The van der Waals surface area contributed by atoms with E-state index in [4.69, 9.17) is 11.6 Å². The van der Waals surface area contributed by atoms with Crippen molar-refractivity contribution in [2.24, 2.45) is 0 Å². The topological polar surface area (TPSA) is 83.3 Å². The predicted octanol–water partition coefficient (Wildman–Crippen LogP) is -2.38. The molecule has 0 N–H and O–H groups in total. The summed E-state index contributed by atoms with van der Waals surface area (Å²) in [6, 6.07) is 3.62. The Balaban J connectivity index is 0.00000169. The molecule has 0 radical (unpaired) electrons. The van der Waals surface area contributed by atoms with Gasteiger partial charge < -0.3 is 9.90 Å². The number of nitrogens with zero attached hydrogens (tertiary/aromatic N) is 1. The van der Waals surface area contributed by atoms with Gasteiger partial charge in [0.1, 0.15) is 5.02 Å². The number of nitro benzene ring substituents is 1. The predicted molar refractivity (Wildman–Crippen MR) is 42.4 cm³/mol. The first-order valence-corrected chi connectivity index (χ1v) is 3.56. The first-order valence-electron chi connectivity index (χ1n) is 3.18. The molecule has 1 aromatic rings. The second kappa shape index (κ2) is 5.31. The van der Waals surface area contributed by atoms with Crippen molar-refractivity contribution in [2.45, 2.75) is 0 Å². The fourth-order valence-electron chi connectivity index (χ4n) is 0.866. The summed E-state index contributed by atoms with van der Waals surface area (Å²) in [5.41, 5.74) is -1.15. The molecule has 7 heteroatoms. The van der Waals surface area contributed by atoms with Gasteiger partial charge in [-0.15, -0.1) is 0 Å². The Morgan fingerprint density at radius 1 is 1.43 bits per heavy atom. The number of carboxylic acids is 1. The molecule has 0 unspecified atom stereocenters. The smallest absolute Gasteiger partial charge is 0.545 e. The second-order valence-corrected chi connectivity index (χ2v) is 2.59. The van der Waals surface area contributed by atoms with Crippen molar-refractivity contribution in [3.05, 3.63) is 38.9 Å². The Hall–Kier alpha value is -0.620. The van der Waals surface area contributed by atoms with Gasteiger partial charge in [0, 0.05) is 0 Å². The molecule has 0 heterocycles. The van der Waals surface area contributed by atoms with E-state index in [0.717, 1.165) is 6.07 Å². The van der Waals surface area contributed by atoms with Gasteiger partial charge in [0.15, 0.2) is 0 Å². The number of carboxylic acid groups (broad SMARTS) is 1. The molecule has 0 fully saturated rings. The molecule has 0 atom stereocenters. The van der Waals surface area contributed by atoms with E-state index in [2.05, 4.69) is 0 Å². The summed E-state index contributed by atoms with van der Waals surface area (Å²) in [4.78, 5) is 19.9. The average Bonchev–Trinajstić information content (AvgIpc) is 2.02. The van der Waals surface area contributed by atoms with Crippen LogP contribution in [0.2, 0.25) is 5.02 Å². The maximum absolute atomic E-state index is 10.4. The van der Waals surface area contributed by atoms with E-state index in [-0.39, 0.29) is 34.6 Å². The first-order chi connectivity index (χ1) is 6.04. The summed E-state index contributed by atoms with van der Waals surface area (Å²) >= 11 is 5.44. The number of aromatic carboxylic acids is 1. The number of para-hydroxylation sites is 1. The van der Waals surface area contributed by atoms with E-state index in [1.165, 1.54) is 12.1 Å². The van der Waals surface area contributed by atoms with Gasteiger partial charge in [0.2, 0.25) is 0 Å². The standard InChI is InChI=1S/C7H4ClNO4.Na/c8-5-3-1-2-4(7(10)11)6(5)9(12)13;/h1-3H,(H,10,11);/q;+1/p-1. The molecule has 0 amide bonds. The largest absolute Gasteiger partial charge is 1.00 e. The Morgan fingerprint density at radius 3 is 2.36 bits per heavy atom. The summed E-state index contributed by atoms with van der Waals surface area (Å²) < 4.78 is 0. The number of halogens is 1. The zero-order valence-electron chi connectivity index (χ0n) is 7.19. The van der Waals surface area contributed by atoms with Gasteiger partial charge >= 0.3 is 29.6 Å². The fraction of sp³-hybridized carbons (Fsp3) is 0. The van der Waals surface area contributed by atoms with Crippen molar-refractivity contribution in [3.63, 3.8) is 0 Å². The van der Waals surface area contributed by atoms with E-state index in [1.54, 1.807) is 0 Å². The summed E-state index contributed by atoms with van der Waals surface area (Å²) in [6.45, 7) is 0. The second-order valence-electron chi connectivity index (χ2n) is 2.18. The van der Waals surface area contributed by atoms with Gasteiger partial charge in [-0.05, 0) is 12.1 Å². The van der Waals surface area contributed by atoms with Crippen LogP contribution in [0.5, 0.6) is 0 Å². The van der Waals surface area contributed by atoms with E-state index < -0.39 is 22.1 Å². The quantitative estimate of drug-likeness (QED) is 0.318. The van der Waals surface area contributed by atoms with Gasteiger partial charge in [-0.25, -0.2) is 0 Å². The third-order valence-corrected chi connectivity index (χ3v) is 1.69. The van der Waals surface area contributed by atoms with Crippen molar-refractivity contribution in [1.29, 1.82) is 0 Å². The minimum absolute atomic E-state index is 0. The zero-order valence-corrected chi connectivity index (χ0v) is 9.95. The molecule has 0 bridgehead atoms. The number of carbonyl (C=O) groups excluding carboxylic acids is 1. The van der Waals surface area contributed by atoms with E-state index >= 15 is 0 Å². The van der Waals surface area contributed by atoms with Gasteiger partial charge in [0.25, 0.3) is 5.69 Å². The van der Waals surface area contributed by atoms with Crippen LogP contribution in [-0.4, -0.2) is 10.9 Å². The molecule has 68 valence electrons. The van der Waals surface area contributed by atoms with Crippen LogP contribution >= 0.6 is 11.6 Å². The Labute approximate surface area is 106 Å². The van der Waals surface area contributed by atoms with Crippen LogP contribution in [0, 0.1) is 10.1 Å². The maximum Gasteiger partial charge on any atom is 1.00 e. The fourth-order valence-corrected chi connectivity index (χ4v) is 1.11. The third kappa shape index (κ3) is 2.68. The Kier molecular flexibility index (Phi) is 5.07. The van der Waals surface area contributed by atoms with Crippen molar-refractivity contribution in [2.75, 3.05) is 0 Å². The van der Waals surface area contributed by atoms with Crippen molar-refractivity contribution in [1.82, 2.24) is 0 Å².